The van der Waals surface area contributed by atoms with Crippen LogP contribution in [0, 0.1) is 12.8 Å². The number of hydrogen-bond donors (Lipinski definition) is 0. The zero-order valence-corrected chi connectivity index (χ0v) is 17.6. The highest BCUT2D eigenvalue weighted by Gasteiger charge is 2.40. The molecule has 0 atom stereocenters. The van der Waals surface area contributed by atoms with E-state index in [4.69, 9.17) is 18.6 Å². The molecule has 1 heterocycles. The number of aryl methyl sites for hydroxylation is 1. The maximum absolute atomic E-state index is 13.6. The second-order valence-electron chi connectivity index (χ2n) is 7.53. The van der Waals surface area contributed by atoms with E-state index in [1.807, 2.05) is 13.8 Å². The Bertz CT molecular complexity index is 1180. The Kier molecular flexibility index (Phi) is 6.76. The van der Waals surface area contributed by atoms with Gasteiger partial charge in [-0.15, -0.1) is 0 Å². The summed E-state index contributed by atoms with van der Waals surface area (Å²) in [7, 11) is 0. The van der Waals surface area contributed by atoms with Gasteiger partial charge in [0.05, 0.1) is 12.0 Å². The van der Waals surface area contributed by atoms with Gasteiger partial charge in [-0.1, -0.05) is 26.0 Å². The highest BCUT2D eigenvalue weighted by molar-refractivity contribution is 5.80. The number of rotatable bonds is 7. The van der Waals surface area contributed by atoms with E-state index in [1.165, 1.54) is 24.3 Å². The van der Waals surface area contributed by atoms with Crippen LogP contribution in [-0.4, -0.2) is 19.2 Å². The Morgan fingerprint density at radius 3 is 2.50 bits per heavy atom. The zero-order valence-electron chi connectivity index (χ0n) is 17.6. The molecule has 0 aliphatic rings. The van der Waals surface area contributed by atoms with Crippen LogP contribution in [0.5, 0.6) is 17.2 Å². The van der Waals surface area contributed by atoms with Crippen LogP contribution in [0.15, 0.2) is 51.7 Å². The summed E-state index contributed by atoms with van der Waals surface area (Å²) in [5, 5.41) is -0.129. The number of hydrogen-bond acceptors (Lipinski definition) is 6. The fourth-order valence-corrected chi connectivity index (χ4v) is 2.77. The Balaban J connectivity index is 1.94. The molecule has 0 amide bonds. The zero-order chi connectivity index (χ0) is 23.5. The quantitative estimate of drug-likeness (QED) is 0.443. The fraction of sp³-hybridized carbons (Fsp3) is 0.304. The summed E-state index contributed by atoms with van der Waals surface area (Å²) < 4.78 is 61.5. The molecule has 3 aromatic rings. The van der Waals surface area contributed by atoms with Gasteiger partial charge < -0.3 is 18.6 Å². The summed E-state index contributed by atoms with van der Waals surface area (Å²) in [6.07, 6.45) is -4.98. The van der Waals surface area contributed by atoms with Crippen LogP contribution in [0.25, 0.3) is 11.0 Å². The highest BCUT2D eigenvalue weighted by Crippen LogP contribution is 2.38. The Hall–Kier alpha value is -3.49. The lowest BCUT2D eigenvalue weighted by Gasteiger charge is -2.14. The molecule has 9 heteroatoms. The standard InChI is InChI=1S/C23H21F3O6/c1-13(2)11-30-19(27)12-29-15-7-8-17-18(10-15)32-22(23(24,25)26)21(20(17)28)31-16-6-4-5-14(3)9-16/h4-10,13H,11-12H2,1-3H3. The van der Waals surface area contributed by atoms with Crippen LogP contribution in [0.2, 0.25) is 0 Å². The summed E-state index contributed by atoms with van der Waals surface area (Å²) in [5.41, 5.74) is -0.593. The molecule has 3 rings (SSSR count). The molecule has 0 aliphatic carbocycles. The topological polar surface area (TPSA) is 75.0 Å². The van der Waals surface area contributed by atoms with Crippen LogP contribution >= 0.6 is 0 Å². The molecule has 0 unspecified atom stereocenters. The predicted octanol–water partition coefficient (Wildman–Crippen LogP) is 5.49. The van der Waals surface area contributed by atoms with Crippen molar-refractivity contribution in [1.29, 1.82) is 0 Å². The van der Waals surface area contributed by atoms with Crippen molar-refractivity contribution in [3.8, 4) is 17.2 Å². The molecule has 0 spiro atoms. The lowest BCUT2D eigenvalue weighted by atomic mass is 10.2. The van der Waals surface area contributed by atoms with Crippen molar-refractivity contribution in [3.05, 3.63) is 64.0 Å². The van der Waals surface area contributed by atoms with E-state index in [0.717, 1.165) is 11.6 Å². The van der Waals surface area contributed by atoms with Gasteiger partial charge in [0.1, 0.15) is 17.1 Å². The molecular weight excluding hydrogens is 429 g/mol. The summed E-state index contributed by atoms with van der Waals surface area (Å²) in [6, 6.07) is 9.97. The second-order valence-corrected chi connectivity index (χ2v) is 7.53. The van der Waals surface area contributed by atoms with Crippen LogP contribution < -0.4 is 14.9 Å². The number of esters is 1. The van der Waals surface area contributed by atoms with E-state index in [2.05, 4.69) is 0 Å². The molecule has 6 nitrogen and oxygen atoms in total. The molecule has 0 saturated heterocycles. The van der Waals surface area contributed by atoms with Crippen molar-refractivity contribution in [2.45, 2.75) is 26.9 Å². The number of alkyl halides is 3. The van der Waals surface area contributed by atoms with Gasteiger partial charge in [-0.05, 0) is 42.7 Å². The van der Waals surface area contributed by atoms with Crippen LogP contribution in [0.1, 0.15) is 25.2 Å². The first-order valence-electron chi connectivity index (χ1n) is 9.75. The van der Waals surface area contributed by atoms with Gasteiger partial charge in [0.25, 0.3) is 5.76 Å². The minimum atomic E-state index is -4.98. The highest BCUT2D eigenvalue weighted by atomic mass is 19.4. The fourth-order valence-electron chi connectivity index (χ4n) is 2.77. The Morgan fingerprint density at radius 2 is 1.84 bits per heavy atom. The van der Waals surface area contributed by atoms with E-state index in [9.17, 15) is 22.8 Å². The van der Waals surface area contributed by atoms with Crippen molar-refractivity contribution >= 4 is 16.9 Å². The number of carbonyl (C=O) groups is 1. The minimum absolute atomic E-state index is 0.0441. The number of benzene rings is 2. The van der Waals surface area contributed by atoms with Gasteiger partial charge in [0, 0.05) is 6.07 Å². The predicted molar refractivity (Wildman–Crippen MR) is 110 cm³/mol. The van der Waals surface area contributed by atoms with Crippen LogP contribution in [-0.2, 0) is 15.7 Å². The van der Waals surface area contributed by atoms with Crippen molar-refractivity contribution in [1.82, 2.24) is 0 Å². The molecule has 0 bridgehead atoms. The average Bonchev–Trinajstić information content (AvgIpc) is 2.71. The number of carbonyl (C=O) groups excluding carboxylic acids is 1. The number of halogens is 3. The van der Waals surface area contributed by atoms with Gasteiger partial charge >= 0.3 is 12.1 Å². The summed E-state index contributed by atoms with van der Waals surface area (Å²) in [4.78, 5) is 24.5. The number of ether oxygens (including phenoxy) is 3. The normalized spacial score (nSPS) is 11.6. The molecule has 32 heavy (non-hydrogen) atoms. The Morgan fingerprint density at radius 1 is 1.09 bits per heavy atom. The van der Waals surface area contributed by atoms with Crippen LogP contribution in [0.4, 0.5) is 13.2 Å². The molecule has 2 aromatic carbocycles. The maximum atomic E-state index is 13.6. The van der Waals surface area contributed by atoms with Gasteiger partial charge in [-0.3, -0.25) is 4.79 Å². The molecule has 0 radical (unpaired) electrons. The largest absolute Gasteiger partial charge is 0.482 e. The monoisotopic (exact) mass is 450 g/mol. The third-order valence-corrected chi connectivity index (χ3v) is 4.22. The molecule has 1 aromatic heterocycles. The second kappa shape index (κ2) is 9.33. The molecular formula is C23H21F3O6. The van der Waals surface area contributed by atoms with Crippen molar-refractivity contribution in [2.75, 3.05) is 13.2 Å². The summed E-state index contributed by atoms with van der Waals surface area (Å²) in [5.74, 6) is -2.89. The number of fused-ring (bicyclic) bond motifs is 1. The van der Waals surface area contributed by atoms with E-state index < -0.39 is 35.7 Å². The van der Waals surface area contributed by atoms with Crippen LogP contribution in [0.3, 0.4) is 0 Å². The molecule has 170 valence electrons. The average molecular weight is 450 g/mol. The van der Waals surface area contributed by atoms with Gasteiger partial charge in [0.15, 0.2) is 6.61 Å². The van der Waals surface area contributed by atoms with Gasteiger partial charge in [-0.25, -0.2) is 4.79 Å². The summed E-state index contributed by atoms with van der Waals surface area (Å²) >= 11 is 0. The summed E-state index contributed by atoms with van der Waals surface area (Å²) in [6.45, 7) is 5.25. The van der Waals surface area contributed by atoms with Gasteiger partial charge in [0.2, 0.25) is 11.2 Å². The SMILES string of the molecule is Cc1cccc(Oc2c(C(F)(F)F)oc3cc(OCC(=O)OCC(C)C)ccc3c2=O)c1. The first-order valence-corrected chi connectivity index (χ1v) is 9.75. The van der Waals surface area contributed by atoms with E-state index in [1.54, 1.807) is 19.1 Å². The first kappa shape index (κ1) is 23.2. The maximum Gasteiger partial charge on any atom is 0.453 e. The lowest BCUT2D eigenvalue weighted by Crippen LogP contribution is -2.17. The van der Waals surface area contributed by atoms with E-state index >= 15 is 0 Å². The molecule has 0 N–H and O–H groups in total. The third-order valence-electron chi connectivity index (χ3n) is 4.22. The Labute approximate surface area is 181 Å². The van der Waals surface area contributed by atoms with E-state index in [-0.39, 0.29) is 35.0 Å². The molecule has 0 aliphatic heterocycles. The molecule has 0 saturated carbocycles. The third kappa shape index (κ3) is 5.60. The first-order chi connectivity index (χ1) is 15.0. The van der Waals surface area contributed by atoms with Crippen molar-refractivity contribution < 1.29 is 36.6 Å². The lowest BCUT2D eigenvalue weighted by molar-refractivity contribution is -0.154. The molecule has 0 fully saturated rings. The smallest absolute Gasteiger partial charge is 0.453 e. The van der Waals surface area contributed by atoms with Crippen molar-refractivity contribution in [3.63, 3.8) is 0 Å². The van der Waals surface area contributed by atoms with E-state index in [0.29, 0.717) is 0 Å². The minimum Gasteiger partial charge on any atom is -0.482 e. The van der Waals surface area contributed by atoms with Gasteiger partial charge in [-0.2, -0.15) is 13.2 Å². The van der Waals surface area contributed by atoms with Crippen molar-refractivity contribution in [2.24, 2.45) is 5.92 Å².